The highest BCUT2D eigenvalue weighted by Crippen LogP contribution is 2.22. The smallest absolute Gasteiger partial charge is 0.240 e. The van der Waals surface area contributed by atoms with Crippen molar-refractivity contribution in [2.24, 2.45) is 0 Å². The van der Waals surface area contributed by atoms with E-state index in [1.807, 2.05) is 0 Å². The molecule has 1 aliphatic rings. The van der Waals surface area contributed by atoms with Gasteiger partial charge in [-0.3, -0.25) is 4.79 Å². The molecule has 0 aliphatic carbocycles. The Hall–Kier alpha value is -1.40. The van der Waals surface area contributed by atoms with Crippen LogP contribution >= 0.6 is 0 Å². The lowest BCUT2D eigenvalue weighted by Crippen LogP contribution is -2.24. The van der Waals surface area contributed by atoms with Gasteiger partial charge in [0.25, 0.3) is 0 Å². The highest BCUT2D eigenvalue weighted by molar-refractivity contribution is 7.89. The Morgan fingerprint density at radius 2 is 1.88 bits per heavy atom. The van der Waals surface area contributed by atoms with Crippen molar-refractivity contribution in [3.8, 4) is 0 Å². The summed E-state index contributed by atoms with van der Waals surface area (Å²) in [6.45, 7) is 0.705. The number of hydrogen-bond donors (Lipinski definition) is 1. The zero-order valence-electron chi connectivity index (χ0n) is 9.51. The van der Waals surface area contributed by atoms with Crippen LogP contribution in [0.15, 0.2) is 29.2 Å². The molecule has 92 valence electrons. The summed E-state index contributed by atoms with van der Waals surface area (Å²) in [7, 11) is -2.04. The first-order valence-corrected chi connectivity index (χ1v) is 6.87. The summed E-state index contributed by atoms with van der Waals surface area (Å²) in [5.41, 5.74) is 0.752. The quantitative estimate of drug-likeness (QED) is 0.864. The molecule has 0 unspecified atom stereocenters. The lowest BCUT2D eigenvalue weighted by atomic mass is 10.3. The van der Waals surface area contributed by atoms with E-state index >= 15 is 0 Å². The van der Waals surface area contributed by atoms with Crippen LogP contribution in [0.3, 0.4) is 0 Å². The van der Waals surface area contributed by atoms with Crippen LogP contribution in [0.1, 0.15) is 12.8 Å². The number of nitrogens with one attached hydrogen (secondary N) is 1. The van der Waals surface area contributed by atoms with E-state index in [4.69, 9.17) is 0 Å². The molecule has 1 aromatic carbocycles. The van der Waals surface area contributed by atoms with Gasteiger partial charge in [0.15, 0.2) is 0 Å². The third kappa shape index (κ3) is 2.32. The van der Waals surface area contributed by atoms with Gasteiger partial charge >= 0.3 is 0 Å². The Bertz CT molecular complexity index is 522. The number of anilines is 1. The fourth-order valence-corrected chi connectivity index (χ4v) is 2.57. The molecule has 0 saturated carbocycles. The van der Waals surface area contributed by atoms with E-state index in [-0.39, 0.29) is 10.8 Å². The highest BCUT2D eigenvalue weighted by Gasteiger charge is 2.22. The number of rotatable bonds is 3. The molecule has 1 aliphatic heterocycles. The van der Waals surface area contributed by atoms with Gasteiger partial charge < -0.3 is 4.90 Å². The molecule has 1 fully saturated rings. The van der Waals surface area contributed by atoms with E-state index in [1.54, 1.807) is 17.0 Å². The van der Waals surface area contributed by atoms with E-state index in [2.05, 4.69) is 4.72 Å². The van der Waals surface area contributed by atoms with Crippen molar-refractivity contribution >= 4 is 21.6 Å². The summed E-state index contributed by atoms with van der Waals surface area (Å²) >= 11 is 0. The second kappa shape index (κ2) is 4.46. The largest absolute Gasteiger partial charge is 0.312 e. The molecule has 6 heteroatoms. The van der Waals surface area contributed by atoms with E-state index in [0.717, 1.165) is 12.1 Å². The Morgan fingerprint density at radius 1 is 1.24 bits per heavy atom. The lowest BCUT2D eigenvalue weighted by Gasteiger charge is -2.15. The fraction of sp³-hybridized carbons (Fsp3) is 0.364. The molecule has 0 atom stereocenters. The molecular weight excluding hydrogens is 240 g/mol. The van der Waals surface area contributed by atoms with E-state index < -0.39 is 10.0 Å². The summed E-state index contributed by atoms with van der Waals surface area (Å²) in [5, 5.41) is 0. The SMILES string of the molecule is CNS(=O)(=O)c1ccc(N2CCCC2=O)cc1. The van der Waals surface area contributed by atoms with Crippen LogP contribution < -0.4 is 9.62 Å². The normalized spacial score (nSPS) is 16.5. The third-order valence-corrected chi connectivity index (χ3v) is 4.23. The molecule has 2 rings (SSSR count). The summed E-state index contributed by atoms with van der Waals surface area (Å²) in [6, 6.07) is 6.33. The topological polar surface area (TPSA) is 66.5 Å². The zero-order chi connectivity index (χ0) is 12.5. The first-order valence-electron chi connectivity index (χ1n) is 5.38. The first kappa shape index (κ1) is 12.1. The van der Waals surface area contributed by atoms with E-state index in [1.165, 1.54) is 19.2 Å². The maximum absolute atomic E-state index is 11.5. The van der Waals surface area contributed by atoms with Crippen LogP contribution in [0, 0.1) is 0 Å². The molecule has 0 bridgehead atoms. The molecule has 1 saturated heterocycles. The van der Waals surface area contributed by atoms with Gasteiger partial charge in [0.05, 0.1) is 4.90 Å². The predicted molar refractivity (Wildman–Crippen MR) is 64.3 cm³/mol. The Kier molecular flexibility index (Phi) is 3.17. The summed E-state index contributed by atoms with van der Waals surface area (Å²) in [6.07, 6.45) is 1.42. The minimum Gasteiger partial charge on any atom is -0.312 e. The van der Waals surface area contributed by atoms with Gasteiger partial charge in [0, 0.05) is 18.7 Å². The number of sulfonamides is 1. The summed E-state index contributed by atoms with van der Waals surface area (Å²) in [4.78, 5) is 13.4. The Balaban J connectivity index is 2.27. The maximum Gasteiger partial charge on any atom is 0.240 e. The Labute approximate surface area is 100 Å². The van der Waals surface area contributed by atoms with Gasteiger partial charge in [-0.05, 0) is 37.7 Å². The van der Waals surface area contributed by atoms with Crippen LogP contribution in [0.25, 0.3) is 0 Å². The molecule has 1 amide bonds. The monoisotopic (exact) mass is 254 g/mol. The summed E-state index contributed by atoms with van der Waals surface area (Å²) in [5.74, 6) is 0.0919. The second-order valence-electron chi connectivity index (χ2n) is 3.85. The molecule has 0 aromatic heterocycles. The van der Waals surface area contributed by atoms with Gasteiger partial charge in [-0.2, -0.15) is 0 Å². The van der Waals surface area contributed by atoms with Crippen molar-refractivity contribution in [2.45, 2.75) is 17.7 Å². The van der Waals surface area contributed by atoms with Gasteiger partial charge in [0.1, 0.15) is 0 Å². The maximum atomic E-state index is 11.5. The molecule has 1 heterocycles. The van der Waals surface area contributed by atoms with Crippen molar-refractivity contribution in [3.63, 3.8) is 0 Å². The molecule has 0 radical (unpaired) electrons. The van der Waals surface area contributed by atoms with Crippen molar-refractivity contribution in [2.75, 3.05) is 18.5 Å². The standard InChI is InChI=1S/C11H14N2O3S/c1-12-17(15,16)10-6-4-9(5-7-10)13-8-2-3-11(13)14/h4-7,12H,2-3,8H2,1H3. The number of amides is 1. The number of benzene rings is 1. The minimum atomic E-state index is -3.41. The third-order valence-electron chi connectivity index (χ3n) is 2.80. The average Bonchev–Trinajstić information content (AvgIpc) is 2.76. The molecule has 1 aromatic rings. The number of hydrogen-bond acceptors (Lipinski definition) is 3. The van der Waals surface area contributed by atoms with Crippen LogP contribution in [-0.2, 0) is 14.8 Å². The molecular formula is C11H14N2O3S. The zero-order valence-corrected chi connectivity index (χ0v) is 10.3. The molecule has 17 heavy (non-hydrogen) atoms. The van der Waals surface area contributed by atoms with Gasteiger partial charge in [-0.25, -0.2) is 13.1 Å². The van der Waals surface area contributed by atoms with Crippen LogP contribution in [-0.4, -0.2) is 27.9 Å². The van der Waals surface area contributed by atoms with Crippen molar-refractivity contribution < 1.29 is 13.2 Å². The Morgan fingerprint density at radius 3 is 2.35 bits per heavy atom. The van der Waals surface area contributed by atoms with Gasteiger partial charge in [0.2, 0.25) is 15.9 Å². The van der Waals surface area contributed by atoms with Crippen LogP contribution in [0.4, 0.5) is 5.69 Å². The fourth-order valence-electron chi connectivity index (χ4n) is 1.84. The number of carbonyl (C=O) groups is 1. The van der Waals surface area contributed by atoms with Gasteiger partial charge in [-0.1, -0.05) is 0 Å². The van der Waals surface area contributed by atoms with Crippen LogP contribution in [0.5, 0.6) is 0 Å². The van der Waals surface area contributed by atoms with E-state index in [9.17, 15) is 13.2 Å². The first-order chi connectivity index (χ1) is 8.04. The van der Waals surface area contributed by atoms with Crippen LogP contribution in [0.2, 0.25) is 0 Å². The lowest BCUT2D eigenvalue weighted by molar-refractivity contribution is -0.117. The average molecular weight is 254 g/mol. The van der Waals surface area contributed by atoms with Crippen molar-refractivity contribution in [3.05, 3.63) is 24.3 Å². The van der Waals surface area contributed by atoms with E-state index in [0.29, 0.717) is 13.0 Å². The second-order valence-corrected chi connectivity index (χ2v) is 5.74. The molecule has 1 N–H and O–H groups in total. The number of nitrogens with zero attached hydrogens (tertiary/aromatic N) is 1. The summed E-state index contributed by atoms with van der Waals surface area (Å²) < 4.78 is 25.3. The van der Waals surface area contributed by atoms with Crippen molar-refractivity contribution in [1.29, 1.82) is 0 Å². The van der Waals surface area contributed by atoms with Gasteiger partial charge in [-0.15, -0.1) is 0 Å². The van der Waals surface area contributed by atoms with Crippen molar-refractivity contribution in [1.82, 2.24) is 4.72 Å². The molecule has 5 nitrogen and oxygen atoms in total. The minimum absolute atomic E-state index is 0.0919. The number of carbonyl (C=O) groups excluding carboxylic acids is 1. The molecule has 0 spiro atoms. The predicted octanol–water partition coefficient (Wildman–Crippen LogP) is 0.721. The highest BCUT2D eigenvalue weighted by atomic mass is 32.2.